The first-order valence-corrected chi connectivity index (χ1v) is 6.30. The molecule has 0 fully saturated rings. The van der Waals surface area contributed by atoms with Crippen molar-refractivity contribution in [3.63, 3.8) is 0 Å². The van der Waals surface area contributed by atoms with Gasteiger partial charge >= 0.3 is 12.0 Å². The average Bonchev–Trinajstić information content (AvgIpc) is 2.86. The number of carboxylic acids is 1. The molecule has 0 spiro atoms. The summed E-state index contributed by atoms with van der Waals surface area (Å²) in [5.74, 6) is -1.00. The number of furan rings is 1. The molecule has 1 aromatic heterocycles. The Balaban J connectivity index is 2.48. The Hall–Kier alpha value is -1.98. The first-order valence-electron chi connectivity index (χ1n) is 6.30. The number of nitrogens with zero attached hydrogens (tertiary/aromatic N) is 1. The number of nitrogens with one attached hydrogen (secondary N) is 1. The average molecular weight is 268 g/mol. The van der Waals surface area contributed by atoms with Gasteiger partial charge in [-0.1, -0.05) is 19.8 Å². The van der Waals surface area contributed by atoms with E-state index in [0.717, 1.165) is 18.4 Å². The van der Waals surface area contributed by atoms with E-state index < -0.39 is 18.0 Å². The number of carbonyl (C=O) groups is 2. The fourth-order valence-corrected chi connectivity index (χ4v) is 1.65. The molecule has 1 rings (SSSR count). The Bertz CT molecular complexity index is 403. The lowest BCUT2D eigenvalue weighted by Gasteiger charge is -2.20. The summed E-state index contributed by atoms with van der Waals surface area (Å²) < 4.78 is 4.92. The number of hydrogen-bond donors (Lipinski definition) is 2. The predicted octanol–water partition coefficient (Wildman–Crippen LogP) is 2.06. The number of hydrogen-bond acceptors (Lipinski definition) is 3. The quantitative estimate of drug-likeness (QED) is 0.793. The molecule has 0 aliphatic heterocycles. The molecule has 0 aliphatic carbocycles. The first-order chi connectivity index (χ1) is 9.04. The summed E-state index contributed by atoms with van der Waals surface area (Å²) in [6.07, 6.45) is 5.18. The molecule has 0 radical (unpaired) electrons. The SMILES string of the molecule is CCCCC(NC(=O)N(C)Cc1ccoc1)C(=O)O. The third-order valence-electron chi connectivity index (χ3n) is 2.79. The van der Waals surface area contributed by atoms with Crippen molar-refractivity contribution in [3.05, 3.63) is 24.2 Å². The second kappa shape index (κ2) is 7.45. The van der Waals surface area contributed by atoms with E-state index >= 15 is 0 Å². The van der Waals surface area contributed by atoms with Gasteiger partial charge in [0.05, 0.1) is 19.1 Å². The summed E-state index contributed by atoms with van der Waals surface area (Å²) in [6.45, 7) is 2.36. The zero-order valence-corrected chi connectivity index (χ0v) is 11.3. The minimum absolute atomic E-state index is 0.377. The standard InChI is InChI=1S/C13H20N2O4/c1-3-4-5-11(12(16)17)14-13(18)15(2)8-10-6-7-19-9-10/h6-7,9,11H,3-5,8H2,1-2H3,(H,14,18)(H,16,17). The Labute approximate surface area is 112 Å². The predicted molar refractivity (Wildman–Crippen MR) is 69.7 cm³/mol. The monoisotopic (exact) mass is 268 g/mol. The number of carboxylic acid groups (broad SMARTS) is 1. The summed E-state index contributed by atoms with van der Waals surface area (Å²) in [5.41, 5.74) is 0.859. The molecule has 19 heavy (non-hydrogen) atoms. The van der Waals surface area contributed by atoms with Gasteiger partial charge in [0.2, 0.25) is 0 Å². The molecule has 0 bridgehead atoms. The molecule has 2 N–H and O–H groups in total. The van der Waals surface area contributed by atoms with E-state index in [9.17, 15) is 9.59 Å². The van der Waals surface area contributed by atoms with E-state index in [-0.39, 0.29) is 0 Å². The third kappa shape index (κ3) is 5.03. The maximum atomic E-state index is 11.9. The molecular weight excluding hydrogens is 248 g/mol. The van der Waals surface area contributed by atoms with E-state index in [0.29, 0.717) is 13.0 Å². The molecule has 1 heterocycles. The molecule has 6 nitrogen and oxygen atoms in total. The van der Waals surface area contributed by atoms with Gasteiger partial charge in [0.15, 0.2) is 0 Å². The van der Waals surface area contributed by atoms with Crippen LogP contribution in [0.4, 0.5) is 4.79 Å². The van der Waals surface area contributed by atoms with E-state index in [1.807, 2.05) is 6.92 Å². The zero-order chi connectivity index (χ0) is 14.3. The summed E-state index contributed by atoms with van der Waals surface area (Å²) >= 11 is 0. The van der Waals surface area contributed by atoms with Crippen LogP contribution in [0.5, 0.6) is 0 Å². The van der Waals surface area contributed by atoms with Gasteiger partial charge in [-0.3, -0.25) is 0 Å². The highest BCUT2D eigenvalue weighted by atomic mass is 16.4. The first kappa shape index (κ1) is 15.1. The van der Waals surface area contributed by atoms with Crippen molar-refractivity contribution >= 4 is 12.0 Å². The van der Waals surface area contributed by atoms with Crippen molar-refractivity contribution in [3.8, 4) is 0 Å². The van der Waals surface area contributed by atoms with Gasteiger partial charge in [-0.25, -0.2) is 9.59 Å². The van der Waals surface area contributed by atoms with Crippen molar-refractivity contribution in [2.75, 3.05) is 7.05 Å². The van der Waals surface area contributed by atoms with Crippen molar-refractivity contribution in [1.82, 2.24) is 10.2 Å². The van der Waals surface area contributed by atoms with E-state index in [4.69, 9.17) is 9.52 Å². The zero-order valence-electron chi connectivity index (χ0n) is 11.3. The lowest BCUT2D eigenvalue weighted by atomic mass is 10.1. The minimum Gasteiger partial charge on any atom is -0.480 e. The summed E-state index contributed by atoms with van der Waals surface area (Å²) in [4.78, 5) is 24.3. The van der Waals surface area contributed by atoms with Gasteiger partial charge in [0.1, 0.15) is 6.04 Å². The topological polar surface area (TPSA) is 82.8 Å². The highest BCUT2D eigenvalue weighted by molar-refractivity contribution is 5.82. The van der Waals surface area contributed by atoms with Crippen LogP contribution < -0.4 is 5.32 Å². The van der Waals surface area contributed by atoms with E-state index in [1.54, 1.807) is 19.4 Å². The maximum Gasteiger partial charge on any atom is 0.326 e. The van der Waals surface area contributed by atoms with Gasteiger partial charge in [0, 0.05) is 12.6 Å². The summed E-state index contributed by atoms with van der Waals surface area (Å²) in [5, 5.41) is 11.6. The van der Waals surface area contributed by atoms with Crippen LogP contribution in [0.1, 0.15) is 31.7 Å². The van der Waals surface area contributed by atoms with Gasteiger partial charge in [-0.2, -0.15) is 0 Å². The van der Waals surface area contributed by atoms with Crippen LogP contribution in [0.15, 0.2) is 23.0 Å². The second-order valence-electron chi connectivity index (χ2n) is 4.47. The van der Waals surface area contributed by atoms with E-state index in [2.05, 4.69) is 5.32 Å². The van der Waals surface area contributed by atoms with Crippen LogP contribution in [-0.2, 0) is 11.3 Å². The fraction of sp³-hybridized carbons (Fsp3) is 0.538. The van der Waals surface area contributed by atoms with Gasteiger partial charge in [-0.05, 0) is 12.5 Å². The molecule has 0 aliphatic rings. The number of carbonyl (C=O) groups excluding carboxylic acids is 1. The molecule has 0 saturated heterocycles. The van der Waals surface area contributed by atoms with Crippen molar-refractivity contribution in [2.24, 2.45) is 0 Å². The Kier molecular flexibility index (Phi) is 5.92. The third-order valence-corrected chi connectivity index (χ3v) is 2.79. The van der Waals surface area contributed by atoms with Gasteiger partial charge in [-0.15, -0.1) is 0 Å². The maximum absolute atomic E-state index is 11.9. The van der Waals surface area contributed by atoms with Gasteiger partial charge < -0.3 is 19.7 Å². The summed E-state index contributed by atoms with van der Waals surface area (Å²) in [6, 6.07) is 0.527. The van der Waals surface area contributed by atoms with Crippen molar-refractivity contribution < 1.29 is 19.1 Å². The van der Waals surface area contributed by atoms with Crippen LogP contribution in [0.3, 0.4) is 0 Å². The Morgan fingerprint density at radius 1 is 1.53 bits per heavy atom. The smallest absolute Gasteiger partial charge is 0.326 e. The molecule has 1 unspecified atom stereocenters. The number of urea groups is 1. The molecular formula is C13H20N2O4. The number of amides is 2. The molecule has 106 valence electrons. The Morgan fingerprint density at radius 2 is 2.26 bits per heavy atom. The van der Waals surface area contributed by atoms with Crippen molar-refractivity contribution in [1.29, 1.82) is 0 Å². The number of unbranched alkanes of at least 4 members (excludes halogenated alkanes) is 1. The fourth-order valence-electron chi connectivity index (χ4n) is 1.65. The normalized spacial score (nSPS) is 11.9. The second-order valence-corrected chi connectivity index (χ2v) is 4.47. The van der Waals surface area contributed by atoms with Crippen LogP contribution in [-0.4, -0.2) is 35.1 Å². The highest BCUT2D eigenvalue weighted by Gasteiger charge is 2.21. The Morgan fingerprint density at radius 3 is 2.79 bits per heavy atom. The van der Waals surface area contributed by atoms with Crippen LogP contribution >= 0.6 is 0 Å². The molecule has 2 amide bonds. The largest absolute Gasteiger partial charge is 0.480 e. The minimum atomic E-state index is -1.00. The lowest BCUT2D eigenvalue weighted by Crippen LogP contribution is -2.46. The molecule has 6 heteroatoms. The number of rotatable bonds is 7. The van der Waals surface area contributed by atoms with Crippen LogP contribution in [0.2, 0.25) is 0 Å². The molecule has 1 atom stereocenters. The van der Waals surface area contributed by atoms with Crippen LogP contribution in [0, 0.1) is 0 Å². The number of aliphatic carboxylic acids is 1. The van der Waals surface area contributed by atoms with Gasteiger partial charge in [0.25, 0.3) is 0 Å². The van der Waals surface area contributed by atoms with Crippen LogP contribution in [0.25, 0.3) is 0 Å². The molecule has 0 aromatic carbocycles. The molecule has 1 aromatic rings. The van der Waals surface area contributed by atoms with Crippen molar-refractivity contribution in [2.45, 2.75) is 38.8 Å². The highest BCUT2D eigenvalue weighted by Crippen LogP contribution is 2.05. The molecule has 0 saturated carbocycles. The van der Waals surface area contributed by atoms with E-state index in [1.165, 1.54) is 11.2 Å². The lowest BCUT2D eigenvalue weighted by molar-refractivity contribution is -0.139. The summed E-state index contributed by atoms with van der Waals surface area (Å²) in [7, 11) is 1.61.